The van der Waals surface area contributed by atoms with Crippen LogP contribution in [0.4, 0.5) is 26.3 Å². The van der Waals surface area contributed by atoms with E-state index in [0.29, 0.717) is 0 Å². The SMILES string of the molecule is FC(F)(F)C[C@H](Cl)/C=C(/Cl)C(F)(F)F. The summed E-state index contributed by atoms with van der Waals surface area (Å²) in [4.78, 5) is 0. The highest BCUT2D eigenvalue weighted by Gasteiger charge is 2.35. The van der Waals surface area contributed by atoms with Crippen molar-refractivity contribution >= 4 is 23.2 Å². The van der Waals surface area contributed by atoms with Crippen molar-refractivity contribution in [1.82, 2.24) is 0 Å². The maximum absolute atomic E-state index is 11.7. The van der Waals surface area contributed by atoms with Crippen LogP contribution in [-0.2, 0) is 0 Å². The third kappa shape index (κ3) is 6.37. The molecule has 0 aliphatic carbocycles. The molecule has 0 fully saturated rings. The molecule has 0 amide bonds. The minimum absolute atomic E-state index is 0.122. The average molecular weight is 261 g/mol. The fourth-order valence-corrected chi connectivity index (χ4v) is 1.05. The van der Waals surface area contributed by atoms with Gasteiger partial charge < -0.3 is 0 Å². The van der Waals surface area contributed by atoms with Crippen LogP contribution < -0.4 is 0 Å². The lowest BCUT2D eigenvalue weighted by Crippen LogP contribution is -2.16. The molecule has 0 unspecified atom stereocenters. The Hall–Kier alpha value is -0.100. The topological polar surface area (TPSA) is 0 Å². The number of hydrogen-bond donors (Lipinski definition) is 0. The molecule has 0 heterocycles. The molecule has 0 aliphatic heterocycles. The molecule has 0 aromatic carbocycles. The summed E-state index contributed by atoms with van der Waals surface area (Å²) in [5.41, 5.74) is 0. The molecule has 0 saturated carbocycles. The number of alkyl halides is 7. The monoisotopic (exact) mass is 260 g/mol. The van der Waals surface area contributed by atoms with Crippen LogP contribution in [0.15, 0.2) is 11.1 Å². The van der Waals surface area contributed by atoms with Gasteiger partial charge in [0.05, 0.1) is 11.8 Å². The van der Waals surface area contributed by atoms with Crippen molar-refractivity contribution in [3.05, 3.63) is 11.1 Å². The first kappa shape index (κ1) is 13.9. The number of hydrogen-bond acceptors (Lipinski definition) is 0. The van der Waals surface area contributed by atoms with Gasteiger partial charge in [-0.15, -0.1) is 11.6 Å². The first-order valence-corrected chi connectivity index (χ1v) is 3.99. The zero-order valence-corrected chi connectivity index (χ0v) is 7.90. The first-order chi connectivity index (χ1) is 6.02. The summed E-state index contributed by atoms with van der Waals surface area (Å²) in [7, 11) is 0. The van der Waals surface area contributed by atoms with Gasteiger partial charge in [-0.3, -0.25) is 0 Å². The van der Waals surface area contributed by atoms with E-state index in [9.17, 15) is 26.3 Å². The molecule has 0 bridgehead atoms. The van der Waals surface area contributed by atoms with Gasteiger partial charge in [0.2, 0.25) is 0 Å². The molecule has 0 radical (unpaired) electrons. The molecule has 0 saturated heterocycles. The van der Waals surface area contributed by atoms with Crippen molar-refractivity contribution in [3.63, 3.8) is 0 Å². The highest BCUT2D eigenvalue weighted by atomic mass is 35.5. The summed E-state index contributed by atoms with van der Waals surface area (Å²) in [5, 5.41) is -3.47. The summed E-state index contributed by atoms with van der Waals surface area (Å²) < 4.78 is 70.0. The number of rotatable bonds is 2. The minimum Gasteiger partial charge on any atom is -0.171 e. The summed E-state index contributed by atoms with van der Waals surface area (Å²) in [6.45, 7) is 0. The van der Waals surface area contributed by atoms with E-state index >= 15 is 0 Å². The van der Waals surface area contributed by atoms with Crippen LogP contribution in [0, 0.1) is 0 Å². The fourth-order valence-electron chi connectivity index (χ4n) is 0.533. The third-order valence-electron chi connectivity index (χ3n) is 1.02. The number of allylic oxidation sites excluding steroid dienone is 2. The van der Waals surface area contributed by atoms with Crippen molar-refractivity contribution in [2.24, 2.45) is 0 Å². The molecule has 0 spiro atoms. The van der Waals surface area contributed by atoms with Gasteiger partial charge in [0.15, 0.2) is 0 Å². The van der Waals surface area contributed by atoms with E-state index in [0.717, 1.165) is 0 Å². The standard InChI is InChI=1S/C6H4Cl2F6/c7-3(2-5(9,10)11)1-4(8)6(12,13)14/h1,3H,2H2/b4-1+/t3-/m1/s1. The van der Waals surface area contributed by atoms with Gasteiger partial charge in [-0.1, -0.05) is 11.6 Å². The Kier molecular flexibility index (Phi) is 4.58. The lowest BCUT2D eigenvalue weighted by atomic mass is 10.2. The predicted octanol–water partition coefficient (Wildman–Crippen LogP) is 4.23. The molecular weight excluding hydrogens is 257 g/mol. The molecule has 84 valence electrons. The predicted molar refractivity (Wildman–Crippen MR) is 40.3 cm³/mol. The van der Waals surface area contributed by atoms with Crippen LogP contribution in [0.1, 0.15) is 6.42 Å². The van der Waals surface area contributed by atoms with Crippen LogP contribution in [0.3, 0.4) is 0 Å². The van der Waals surface area contributed by atoms with E-state index < -0.39 is 29.2 Å². The largest absolute Gasteiger partial charge is 0.426 e. The molecule has 0 nitrogen and oxygen atoms in total. The molecule has 0 aromatic rings. The zero-order chi connectivity index (χ0) is 11.6. The van der Waals surface area contributed by atoms with E-state index in [1.807, 2.05) is 0 Å². The van der Waals surface area contributed by atoms with Gasteiger partial charge in [-0.2, -0.15) is 26.3 Å². The second-order valence-corrected chi connectivity index (χ2v) is 3.32. The Morgan fingerprint density at radius 1 is 1.14 bits per heavy atom. The minimum atomic E-state index is -4.86. The second kappa shape index (κ2) is 4.61. The number of halogens is 8. The highest BCUT2D eigenvalue weighted by Crippen LogP contribution is 2.32. The summed E-state index contributed by atoms with van der Waals surface area (Å²) in [6.07, 6.45) is -10.9. The van der Waals surface area contributed by atoms with E-state index in [-0.39, 0.29) is 6.08 Å². The average Bonchev–Trinajstić information content (AvgIpc) is 1.79. The lowest BCUT2D eigenvalue weighted by molar-refractivity contribution is -0.133. The van der Waals surface area contributed by atoms with Gasteiger partial charge in [-0.05, 0) is 6.08 Å². The maximum atomic E-state index is 11.7. The van der Waals surface area contributed by atoms with E-state index in [1.54, 1.807) is 0 Å². The zero-order valence-electron chi connectivity index (χ0n) is 6.39. The Labute approximate surface area is 85.5 Å². The lowest BCUT2D eigenvalue weighted by Gasteiger charge is -2.10. The Morgan fingerprint density at radius 2 is 1.57 bits per heavy atom. The van der Waals surface area contributed by atoms with Gasteiger partial charge in [0, 0.05) is 0 Å². The molecule has 8 heteroatoms. The molecular formula is C6H4Cl2F6. The van der Waals surface area contributed by atoms with Crippen LogP contribution >= 0.6 is 23.2 Å². The van der Waals surface area contributed by atoms with Crippen LogP contribution in [0.2, 0.25) is 0 Å². The molecule has 1 atom stereocenters. The summed E-state index contributed by atoms with van der Waals surface area (Å²) in [5.74, 6) is 0. The quantitative estimate of drug-likeness (QED) is 0.515. The Balaban J connectivity index is 4.38. The van der Waals surface area contributed by atoms with Crippen molar-refractivity contribution in [2.45, 2.75) is 24.2 Å². The van der Waals surface area contributed by atoms with Crippen LogP contribution in [-0.4, -0.2) is 17.7 Å². The van der Waals surface area contributed by atoms with Crippen molar-refractivity contribution < 1.29 is 26.3 Å². The Bertz CT molecular complexity index is 215. The third-order valence-corrected chi connectivity index (χ3v) is 1.65. The van der Waals surface area contributed by atoms with Crippen molar-refractivity contribution in [1.29, 1.82) is 0 Å². The molecule has 0 aliphatic rings. The van der Waals surface area contributed by atoms with Gasteiger partial charge in [0.1, 0.15) is 5.03 Å². The fraction of sp³-hybridized carbons (Fsp3) is 0.667. The van der Waals surface area contributed by atoms with E-state index in [2.05, 4.69) is 11.6 Å². The smallest absolute Gasteiger partial charge is 0.171 e. The van der Waals surface area contributed by atoms with Gasteiger partial charge >= 0.3 is 12.4 Å². The normalized spacial score (nSPS) is 17.0. The van der Waals surface area contributed by atoms with Gasteiger partial charge in [-0.25, -0.2) is 0 Å². The second-order valence-electron chi connectivity index (χ2n) is 2.35. The first-order valence-electron chi connectivity index (χ1n) is 3.17. The van der Waals surface area contributed by atoms with Crippen LogP contribution in [0.5, 0.6) is 0 Å². The van der Waals surface area contributed by atoms with E-state index in [1.165, 1.54) is 0 Å². The van der Waals surface area contributed by atoms with Crippen molar-refractivity contribution in [3.8, 4) is 0 Å². The molecule has 0 aromatic heterocycles. The molecule has 0 rings (SSSR count). The van der Waals surface area contributed by atoms with Crippen molar-refractivity contribution in [2.75, 3.05) is 0 Å². The Morgan fingerprint density at radius 3 is 1.86 bits per heavy atom. The summed E-state index contributed by atoms with van der Waals surface area (Å²) >= 11 is 9.65. The molecule has 14 heavy (non-hydrogen) atoms. The van der Waals surface area contributed by atoms with Crippen LogP contribution in [0.25, 0.3) is 0 Å². The highest BCUT2D eigenvalue weighted by molar-refractivity contribution is 6.31. The molecule has 0 N–H and O–H groups in total. The maximum Gasteiger partial charge on any atom is 0.426 e. The van der Waals surface area contributed by atoms with E-state index in [4.69, 9.17) is 11.6 Å². The summed E-state index contributed by atoms with van der Waals surface area (Å²) in [6, 6.07) is 0. The van der Waals surface area contributed by atoms with Gasteiger partial charge in [0.25, 0.3) is 0 Å².